The molecule has 2 N–H and O–H groups in total. The van der Waals surface area contributed by atoms with Crippen LogP contribution in [0.4, 0.5) is 5.82 Å². The fraction of sp³-hybridized carbons (Fsp3) is 0.286. The van der Waals surface area contributed by atoms with E-state index in [9.17, 15) is 9.90 Å². The third kappa shape index (κ3) is 4.83. The van der Waals surface area contributed by atoms with Gasteiger partial charge in [0.2, 0.25) is 0 Å². The number of aromatic nitrogens is 2. The van der Waals surface area contributed by atoms with E-state index in [4.69, 9.17) is 25.8 Å². The van der Waals surface area contributed by atoms with Crippen LogP contribution in [0, 0.1) is 0 Å². The number of anilines is 1. The summed E-state index contributed by atoms with van der Waals surface area (Å²) in [5.41, 5.74) is 1.64. The van der Waals surface area contributed by atoms with Gasteiger partial charge in [-0.25, -0.2) is 14.8 Å². The van der Waals surface area contributed by atoms with Gasteiger partial charge < -0.3 is 24.6 Å². The number of carbonyl (C=O) groups is 1. The van der Waals surface area contributed by atoms with Crippen molar-refractivity contribution < 1.29 is 24.1 Å². The smallest absolute Gasteiger partial charge is 0.349 e. The Bertz CT molecular complexity index is 1100. The molecule has 0 aliphatic carbocycles. The maximum Gasteiger partial charge on any atom is 0.349 e. The van der Waals surface area contributed by atoms with Crippen LogP contribution in [-0.4, -0.2) is 47.4 Å². The second-order valence-corrected chi connectivity index (χ2v) is 8.07. The van der Waals surface area contributed by atoms with Crippen molar-refractivity contribution in [3.63, 3.8) is 0 Å². The molecule has 1 aliphatic heterocycles. The minimum Gasteiger partial charge on any atom is -0.492 e. The number of hydrogen-bond donors (Lipinski definition) is 2. The minimum absolute atomic E-state index is 0.153. The molecule has 3 aromatic rings. The zero-order chi connectivity index (χ0) is 21.8. The number of nitrogens with zero attached hydrogens (tertiary/aromatic N) is 2. The fourth-order valence-electron chi connectivity index (χ4n) is 3.14. The molecule has 0 unspecified atom stereocenters. The Morgan fingerprint density at radius 1 is 1.26 bits per heavy atom. The van der Waals surface area contributed by atoms with Gasteiger partial charge in [0, 0.05) is 18.7 Å². The number of fused-ring (bicyclic) bond motifs is 1. The number of aromatic carboxylic acids is 1. The molecule has 1 aliphatic rings. The summed E-state index contributed by atoms with van der Waals surface area (Å²) >= 11 is 7.42. The molecule has 4 rings (SSSR count). The van der Waals surface area contributed by atoms with E-state index in [1.54, 1.807) is 12.1 Å². The molecule has 0 saturated carbocycles. The van der Waals surface area contributed by atoms with Crippen LogP contribution in [0.25, 0.3) is 10.6 Å². The minimum atomic E-state index is -1.02. The molecule has 3 heterocycles. The van der Waals surface area contributed by atoms with Crippen LogP contribution in [0.2, 0.25) is 5.02 Å². The first-order chi connectivity index (χ1) is 15.0. The Balaban J connectivity index is 1.44. The summed E-state index contributed by atoms with van der Waals surface area (Å²) in [7, 11) is 0. The number of carboxylic acids is 1. The predicted molar refractivity (Wildman–Crippen MR) is 118 cm³/mol. The molecule has 0 atom stereocenters. The average molecular weight is 462 g/mol. The Morgan fingerprint density at radius 2 is 2.10 bits per heavy atom. The number of nitrogens with one attached hydrogen (secondary N) is 1. The monoisotopic (exact) mass is 461 g/mol. The van der Waals surface area contributed by atoms with Crippen molar-refractivity contribution in [3.8, 4) is 27.8 Å². The average Bonchev–Trinajstić information content (AvgIpc) is 3.19. The lowest BCUT2D eigenvalue weighted by Gasteiger charge is -2.20. The molecule has 10 heteroatoms. The molecule has 2 aromatic heterocycles. The van der Waals surface area contributed by atoms with Gasteiger partial charge in [0.15, 0.2) is 16.4 Å². The molecule has 162 valence electrons. The van der Waals surface area contributed by atoms with Crippen LogP contribution in [0.1, 0.15) is 22.2 Å². The van der Waals surface area contributed by atoms with E-state index >= 15 is 0 Å². The molecular weight excluding hydrogens is 442 g/mol. The molecule has 31 heavy (non-hydrogen) atoms. The quantitative estimate of drug-likeness (QED) is 0.509. The number of rotatable bonds is 8. The number of halogens is 1. The second kappa shape index (κ2) is 9.40. The normalized spacial score (nSPS) is 12.5. The largest absolute Gasteiger partial charge is 0.492 e. The fourth-order valence-corrected chi connectivity index (χ4v) is 4.34. The maximum absolute atomic E-state index is 11.5. The summed E-state index contributed by atoms with van der Waals surface area (Å²) in [6.45, 7) is 3.81. The van der Waals surface area contributed by atoms with Gasteiger partial charge in [0.05, 0.1) is 22.2 Å². The zero-order valence-corrected chi connectivity index (χ0v) is 18.3. The van der Waals surface area contributed by atoms with E-state index < -0.39 is 5.97 Å². The highest BCUT2D eigenvalue weighted by molar-refractivity contribution is 7.17. The zero-order valence-electron chi connectivity index (χ0n) is 16.7. The first-order valence-electron chi connectivity index (χ1n) is 9.69. The highest BCUT2D eigenvalue weighted by Crippen LogP contribution is 2.38. The first-order valence-corrected chi connectivity index (χ1v) is 10.9. The third-order valence-corrected chi connectivity index (χ3v) is 5.90. The number of thiophene rings is 1. The molecule has 0 amide bonds. The van der Waals surface area contributed by atoms with Gasteiger partial charge in [0.1, 0.15) is 31.1 Å². The van der Waals surface area contributed by atoms with Crippen LogP contribution in [-0.2, 0) is 6.42 Å². The van der Waals surface area contributed by atoms with Gasteiger partial charge >= 0.3 is 5.97 Å². The Hall–Kier alpha value is -3.04. The highest BCUT2D eigenvalue weighted by Gasteiger charge is 2.19. The van der Waals surface area contributed by atoms with Gasteiger partial charge in [-0.3, -0.25) is 0 Å². The van der Waals surface area contributed by atoms with Crippen LogP contribution in [0.5, 0.6) is 17.2 Å². The molecule has 0 radical (unpaired) electrons. The standard InChI is InChI=1S/C21H20ClN3O5S/c1-2-28-16-10-17(31-20(16)21(26)27)14-9-18(25-11-24-14)23-4-3-12-7-13(22)19-15(8-12)29-5-6-30-19/h7-11H,2-6H2,1H3,(H,26,27)(H,23,24,25). The Morgan fingerprint density at radius 3 is 2.90 bits per heavy atom. The number of ether oxygens (including phenoxy) is 3. The van der Waals surface area contributed by atoms with Gasteiger partial charge in [-0.15, -0.1) is 11.3 Å². The van der Waals surface area contributed by atoms with Gasteiger partial charge in [-0.1, -0.05) is 11.6 Å². The van der Waals surface area contributed by atoms with Crippen LogP contribution in [0.15, 0.2) is 30.6 Å². The summed E-state index contributed by atoms with van der Waals surface area (Å²) in [6.07, 6.45) is 2.14. The predicted octanol–water partition coefficient (Wildman–Crippen LogP) is 4.38. The Kier molecular flexibility index (Phi) is 6.43. The molecule has 0 spiro atoms. The topological polar surface area (TPSA) is 103 Å². The van der Waals surface area contributed by atoms with E-state index in [0.717, 1.165) is 16.9 Å². The van der Waals surface area contributed by atoms with Gasteiger partial charge in [-0.2, -0.15) is 0 Å². The Labute approximate surface area is 187 Å². The lowest BCUT2D eigenvalue weighted by atomic mass is 10.1. The second-order valence-electron chi connectivity index (χ2n) is 6.61. The molecule has 8 nitrogen and oxygen atoms in total. The van der Waals surface area contributed by atoms with Crippen molar-refractivity contribution in [1.82, 2.24) is 9.97 Å². The van der Waals surface area contributed by atoms with Crippen molar-refractivity contribution in [2.45, 2.75) is 13.3 Å². The van der Waals surface area contributed by atoms with Crippen LogP contribution in [0.3, 0.4) is 0 Å². The number of hydrogen-bond acceptors (Lipinski definition) is 8. The lowest BCUT2D eigenvalue weighted by Crippen LogP contribution is -2.16. The van der Waals surface area contributed by atoms with Crippen LogP contribution < -0.4 is 19.5 Å². The van der Waals surface area contributed by atoms with Crippen molar-refractivity contribution in [1.29, 1.82) is 0 Å². The van der Waals surface area contributed by atoms with Crippen molar-refractivity contribution in [2.24, 2.45) is 0 Å². The maximum atomic E-state index is 11.5. The number of benzene rings is 1. The van der Waals surface area contributed by atoms with Crippen LogP contribution >= 0.6 is 22.9 Å². The molecule has 0 bridgehead atoms. The summed E-state index contributed by atoms with van der Waals surface area (Å²) in [6, 6.07) is 7.28. The molecule has 1 aromatic carbocycles. The van der Waals surface area contributed by atoms with E-state index in [1.807, 2.05) is 19.1 Å². The molecular formula is C21H20ClN3O5S. The summed E-state index contributed by atoms with van der Waals surface area (Å²) < 4.78 is 16.6. The van der Waals surface area contributed by atoms with E-state index in [2.05, 4.69) is 15.3 Å². The van der Waals surface area contributed by atoms with E-state index in [0.29, 0.717) is 71.4 Å². The summed E-state index contributed by atoms with van der Waals surface area (Å²) in [5, 5.41) is 13.2. The lowest BCUT2D eigenvalue weighted by molar-refractivity contribution is 0.0698. The van der Waals surface area contributed by atoms with E-state index in [1.165, 1.54) is 6.33 Å². The molecule has 0 saturated heterocycles. The van der Waals surface area contributed by atoms with Gasteiger partial charge in [-0.05, 0) is 31.0 Å². The van der Waals surface area contributed by atoms with Crippen molar-refractivity contribution >= 4 is 34.7 Å². The number of carboxylic acid groups (broad SMARTS) is 1. The summed E-state index contributed by atoms with van der Waals surface area (Å²) in [5.74, 6) is 1.21. The van der Waals surface area contributed by atoms with E-state index in [-0.39, 0.29) is 4.88 Å². The van der Waals surface area contributed by atoms with Gasteiger partial charge in [0.25, 0.3) is 0 Å². The SMILES string of the molecule is CCOc1cc(-c2cc(NCCc3cc(Cl)c4c(c3)OCCO4)ncn2)sc1C(=O)O. The molecule has 0 fully saturated rings. The first kappa shape index (κ1) is 21.2. The third-order valence-electron chi connectivity index (χ3n) is 4.49. The van der Waals surface area contributed by atoms with Crippen molar-refractivity contribution in [3.05, 3.63) is 46.1 Å². The summed E-state index contributed by atoms with van der Waals surface area (Å²) in [4.78, 5) is 20.8. The van der Waals surface area contributed by atoms with Crippen molar-refractivity contribution in [2.75, 3.05) is 31.7 Å². The highest BCUT2D eigenvalue weighted by atomic mass is 35.5.